The highest BCUT2D eigenvalue weighted by Crippen LogP contribution is 2.38. The van der Waals surface area contributed by atoms with Gasteiger partial charge in [0.05, 0.1) is 32.5 Å². The molecular weight excluding hydrogens is 412 g/mol. The fourth-order valence-electron chi connectivity index (χ4n) is 3.37. The predicted molar refractivity (Wildman–Crippen MR) is 119 cm³/mol. The third kappa shape index (κ3) is 4.73. The fourth-order valence-corrected chi connectivity index (χ4v) is 3.37. The molecule has 0 saturated carbocycles. The Labute approximate surface area is 185 Å². The van der Waals surface area contributed by atoms with Crippen LogP contribution in [0.4, 0.5) is 5.69 Å². The second-order valence-corrected chi connectivity index (χ2v) is 7.46. The molecule has 2 aromatic carbocycles. The van der Waals surface area contributed by atoms with Crippen molar-refractivity contribution in [1.82, 2.24) is 5.16 Å². The van der Waals surface area contributed by atoms with E-state index in [1.54, 1.807) is 25.4 Å². The normalized spacial score (nSPS) is 11.7. The van der Waals surface area contributed by atoms with Crippen LogP contribution >= 0.6 is 0 Å². The summed E-state index contributed by atoms with van der Waals surface area (Å²) in [6.45, 7) is 3.99. The molecule has 3 rings (SSSR count). The van der Waals surface area contributed by atoms with Gasteiger partial charge < -0.3 is 30.8 Å². The number of aryl methyl sites for hydroxylation is 1. The molecule has 1 atom stereocenters. The first kappa shape index (κ1) is 22.8. The van der Waals surface area contributed by atoms with Crippen molar-refractivity contribution in [3.05, 3.63) is 47.7 Å². The van der Waals surface area contributed by atoms with Crippen LogP contribution in [0.15, 0.2) is 41.1 Å². The number of primary amides is 1. The summed E-state index contributed by atoms with van der Waals surface area (Å²) in [6.07, 6.45) is 1.46. The highest BCUT2D eigenvalue weighted by Gasteiger charge is 2.22. The van der Waals surface area contributed by atoms with Gasteiger partial charge >= 0.3 is 0 Å². The molecule has 168 valence electrons. The predicted octanol–water partition coefficient (Wildman–Crippen LogP) is 2.07. The van der Waals surface area contributed by atoms with Gasteiger partial charge in [0, 0.05) is 11.1 Å². The van der Waals surface area contributed by atoms with Crippen molar-refractivity contribution in [2.24, 2.45) is 5.73 Å². The maximum absolute atomic E-state index is 12.5. The number of nitrogens with zero attached hydrogens (tertiary/aromatic N) is 1. The van der Waals surface area contributed by atoms with E-state index >= 15 is 0 Å². The first-order chi connectivity index (χ1) is 15.2. The molecule has 0 aliphatic rings. The van der Waals surface area contributed by atoms with E-state index in [1.165, 1.54) is 7.11 Å². The highest BCUT2D eigenvalue weighted by atomic mass is 16.5. The number of hydrogen-bond donors (Lipinski definition) is 3. The molecule has 6 N–H and O–H groups in total. The minimum absolute atomic E-state index is 0.155. The van der Waals surface area contributed by atoms with Crippen molar-refractivity contribution in [2.75, 3.05) is 19.5 Å². The summed E-state index contributed by atoms with van der Waals surface area (Å²) in [5, 5.41) is 6.74. The Morgan fingerprint density at radius 1 is 1.12 bits per heavy atom. The average molecular weight is 439 g/mol. The van der Waals surface area contributed by atoms with Gasteiger partial charge in [-0.25, -0.2) is 0 Å². The number of carbonyl (C=O) groups excluding carboxylic acids is 2. The fraction of sp³-hybridized carbons (Fsp3) is 0.261. The lowest BCUT2D eigenvalue weighted by Crippen LogP contribution is -2.67. The molecule has 0 fully saturated rings. The van der Waals surface area contributed by atoms with Gasteiger partial charge in [-0.1, -0.05) is 11.2 Å². The molecule has 0 bridgehead atoms. The lowest BCUT2D eigenvalue weighted by molar-refractivity contribution is -0.401. The first-order valence-electron chi connectivity index (χ1n) is 9.96. The minimum Gasteiger partial charge on any atom is -0.496 e. The second kappa shape index (κ2) is 9.52. The molecule has 32 heavy (non-hydrogen) atoms. The van der Waals surface area contributed by atoms with Crippen LogP contribution in [0, 0.1) is 13.8 Å². The van der Waals surface area contributed by atoms with Gasteiger partial charge in [0.25, 0.3) is 5.91 Å². The van der Waals surface area contributed by atoms with Crippen molar-refractivity contribution >= 4 is 17.5 Å². The van der Waals surface area contributed by atoms with Gasteiger partial charge in [-0.15, -0.1) is 0 Å². The molecule has 0 aliphatic heterocycles. The SMILES string of the molecule is COc1ccc(-c2cnoc2-c2cc(C)c(C)c(OC)c2)cc1NC(=O)C([NH3+])CC(N)=O. The number of quaternary nitrogens is 1. The van der Waals surface area contributed by atoms with Gasteiger partial charge in [0.2, 0.25) is 5.91 Å². The summed E-state index contributed by atoms with van der Waals surface area (Å²) in [5.41, 5.74) is 13.7. The van der Waals surface area contributed by atoms with Crippen LogP contribution < -0.4 is 26.3 Å². The van der Waals surface area contributed by atoms with Gasteiger partial charge in [-0.2, -0.15) is 0 Å². The van der Waals surface area contributed by atoms with E-state index in [1.807, 2.05) is 32.0 Å². The molecule has 1 heterocycles. The van der Waals surface area contributed by atoms with E-state index in [4.69, 9.17) is 19.7 Å². The Morgan fingerprint density at radius 3 is 2.50 bits per heavy atom. The molecule has 1 aromatic heterocycles. The van der Waals surface area contributed by atoms with E-state index in [9.17, 15) is 9.59 Å². The van der Waals surface area contributed by atoms with E-state index in [0.29, 0.717) is 17.2 Å². The van der Waals surface area contributed by atoms with Gasteiger partial charge in [0.1, 0.15) is 11.5 Å². The van der Waals surface area contributed by atoms with E-state index in [-0.39, 0.29) is 6.42 Å². The van der Waals surface area contributed by atoms with Crippen molar-refractivity contribution in [3.63, 3.8) is 0 Å². The van der Waals surface area contributed by atoms with Crippen LogP contribution in [0.2, 0.25) is 0 Å². The third-order valence-electron chi connectivity index (χ3n) is 5.26. The minimum atomic E-state index is -0.824. The van der Waals surface area contributed by atoms with Crippen molar-refractivity contribution in [3.8, 4) is 33.9 Å². The van der Waals surface area contributed by atoms with Crippen LogP contribution in [0.25, 0.3) is 22.5 Å². The Hall–Kier alpha value is -3.85. The van der Waals surface area contributed by atoms with Crippen LogP contribution in [0.5, 0.6) is 11.5 Å². The Bertz CT molecular complexity index is 1160. The number of aromatic nitrogens is 1. The molecule has 0 aliphatic carbocycles. The number of amides is 2. The summed E-state index contributed by atoms with van der Waals surface area (Å²) in [4.78, 5) is 23.6. The van der Waals surface area contributed by atoms with Crippen molar-refractivity contribution in [1.29, 1.82) is 0 Å². The van der Waals surface area contributed by atoms with E-state index < -0.39 is 17.9 Å². The van der Waals surface area contributed by atoms with Crippen LogP contribution in [0.1, 0.15) is 17.5 Å². The number of carbonyl (C=O) groups is 2. The van der Waals surface area contributed by atoms with E-state index in [0.717, 1.165) is 33.6 Å². The molecule has 3 aromatic rings. The zero-order chi connectivity index (χ0) is 23.4. The summed E-state index contributed by atoms with van der Waals surface area (Å²) < 4.78 is 16.4. The number of rotatable bonds is 8. The van der Waals surface area contributed by atoms with Crippen molar-refractivity contribution < 1.29 is 29.3 Å². The van der Waals surface area contributed by atoms with Crippen LogP contribution in [0.3, 0.4) is 0 Å². The number of methoxy groups -OCH3 is 2. The second-order valence-electron chi connectivity index (χ2n) is 7.46. The van der Waals surface area contributed by atoms with Gasteiger partial charge in [-0.05, 0) is 54.8 Å². The summed E-state index contributed by atoms with van der Waals surface area (Å²) >= 11 is 0. The molecular formula is C23H27N4O5+. The first-order valence-corrected chi connectivity index (χ1v) is 9.96. The molecule has 0 radical (unpaired) electrons. The Kier molecular flexibility index (Phi) is 6.79. The van der Waals surface area contributed by atoms with Crippen LogP contribution in [-0.4, -0.2) is 37.2 Å². The molecule has 9 nitrogen and oxygen atoms in total. The van der Waals surface area contributed by atoms with Crippen molar-refractivity contribution in [2.45, 2.75) is 26.3 Å². The maximum atomic E-state index is 12.5. The van der Waals surface area contributed by atoms with E-state index in [2.05, 4.69) is 16.2 Å². The molecule has 0 saturated heterocycles. The Balaban J connectivity index is 2.00. The topological polar surface area (TPSA) is 144 Å². The van der Waals surface area contributed by atoms with Gasteiger partial charge in [-0.3, -0.25) is 9.59 Å². The van der Waals surface area contributed by atoms with Crippen LogP contribution in [-0.2, 0) is 9.59 Å². The molecule has 1 unspecified atom stereocenters. The maximum Gasteiger partial charge on any atom is 0.283 e. The smallest absolute Gasteiger partial charge is 0.283 e. The third-order valence-corrected chi connectivity index (χ3v) is 5.26. The van der Waals surface area contributed by atoms with Gasteiger partial charge in [0.15, 0.2) is 11.8 Å². The number of nitrogens with one attached hydrogen (secondary N) is 1. The number of ether oxygens (including phenoxy) is 2. The zero-order valence-corrected chi connectivity index (χ0v) is 18.5. The summed E-state index contributed by atoms with van der Waals surface area (Å²) in [7, 11) is 3.13. The molecule has 9 heteroatoms. The standard InChI is InChI=1S/C23H26N4O5/c1-12-7-15(9-20(31-4)13(12)2)22-16(11-26-32-22)14-5-6-19(30-3)18(8-14)27-23(29)17(24)10-21(25)28/h5-9,11,17H,10,24H2,1-4H3,(H2,25,28)(H,27,29)/p+1. The zero-order valence-electron chi connectivity index (χ0n) is 18.5. The molecule has 2 amide bonds. The summed E-state index contributed by atoms with van der Waals surface area (Å²) in [5.74, 6) is 0.736. The molecule has 0 spiro atoms. The number of hydrogen-bond acceptors (Lipinski definition) is 6. The lowest BCUT2D eigenvalue weighted by Gasteiger charge is -2.14. The number of benzene rings is 2. The Morgan fingerprint density at radius 2 is 1.84 bits per heavy atom. The quantitative estimate of drug-likeness (QED) is 0.490. The average Bonchev–Trinajstić information content (AvgIpc) is 3.25. The highest BCUT2D eigenvalue weighted by molar-refractivity contribution is 5.98. The largest absolute Gasteiger partial charge is 0.496 e. The number of nitrogens with two attached hydrogens (primary N) is 1. The number of anilines is 1. The summed E-state index contributed by atoms with van der Waals surface area (Å²) in [6, 6.07) is 8.40. The lowest BCUT2D eigenvalue weighted by atomic mass is 9.98. The monoisotopic (exact) mass is 439 g/mol.